The minimum Gasteiger partial charge on any atom is -0.0602 e. The van der Waals surface area contributed by atoms with Crippen LogP contribution >= 0.6 is 0 Å². The van der Waals surface area contributed by atoms with Crippen LogP contribution in [0.4, 0.5) is 0 Å². The van der Waals surface area contributed by atoms with E-state index in [9.17, 15) is 0 Å². The van der Waals surface area contributed by atoms with Crippen LogP contribution in [0.15, 0.2) is 0 Å². The smallest absolute Gasteiger partial charge is 0.0347 e. The molecule has 0 N–H and O–H groups in total. The summed E-state index contributed by atoms with van der Waals surface area (Å²) in [4.78, 5) is 0. The Balaban J connectivity index is 2.40. The molecule has 0 aromatic rings. The van der Waals surface area contributed by atoms with Crippen LogP contribution in [-0.4, -0.2) is 0 Å². The second-order valence-electron chi connectivity index (χ2n) is 7.61. The Morgan fingerprint density at radius 3 is 1.87 bits per heavy atom. The van der Waals surface area contributed by atoms with Crippen molar-refractivity contribution in [3.8, 4) is 0 Å². The fraction of sp³-hybridized carbons (Fsp3) is 1.00. The molecule has 0 nitrogen and oxygen atoms in total. The van der Waals surface area contributed by atoms with Gasteiger partial charge in [0.2, 0.25) is 0 Å². The maximum atomic E-state index is 2.47. The van der Waals surface area contributed by atoms with Crippen LogP contribution in [0.2, 0.25) is 0 Å². The fourth-order valence-corrected chi connectivity index (χ4v) is 3.68. The minimum absolute atomic E-state index is 0.484. The predicted molar refractivity (Wildman–Crippen MR) is 69.0 cm³/mol. The van der Waals surface area contributed by atoms with Crippen molar-refractivity contribution in [3.63, 3.8) is 0 Å². The lowest BCUT2D eigenvalue weighted by Crippen LogP contribution is -2.24. The van der Waals surface area contributed by atoms with Crippen LogP contribution in [0.25, 0.3) is 0 Å². The van der Waals surface area contributed by atoms with Crippen LogP contribution in [0.3, 0.4) is 0 Å². The van der Waals surface area contributed by atoms with Gasteiger partial charge >= 0.3 is 0 Å². The summed E-state index contributed by atoms with van der Waals surface area (Å²) in [6.07, 6.45) is 10.2. The van der Waals surface area contributed by atoms with E-state index in [0.717, 1.165) is 5.92 Å². The van der Waals surface area contributed by atoms with E-state index in [1.807, 2.05) is 0 Å². The molecule has 0 saturated heterocycles. The van der Waals surface area contributed by atoms with Crippen LogP contribution < -0.4 is 0 Å². The average molecular weight is 210 g/mol. The Morgan fingerprint density at radius 1 is 0.867 bits per heavy atom. The lowest BCUT2D eigenvalue weighted by atomic mass is 9.69. The van der Waals surface area contributed by atoms with Gasteiger partial charge in [-0.2, -0.15) is 0 Å². The third kappa shape index (κ3) is 5.58. The van der Waals surface area contributed by atoms with Crippen molar-refractivity contribution in [2.24, 2.45) is 16.7 Å². The van der Waals surface area contributed by atoms with Gasteiger partial charge in [-0.05, 0) is 29.6 Å². The van der Waals surface area contributed by atoms with Gasteiger partial charge in [0, 0.05) is 0 Å². The van der Waals surface area contributed by atoms with Crippen molar-refractivity contribution in [3.05, 3.63) is 0 Å². The molecule has 0 aromatic heterocycles. The highest BCUT2D eigenvalue weighted by Crippen LogP contribution is 2.41. The molecule has 90 valence electrons. The van der Waals surface area contributed by atoms with Gasteiger partial charge in [-0.3, -0.25) is 0 Å². The van der Waals surface area contributed by atoms with E-state index in [-0.39, 0.29) is 0 Å². The Morgan fingerprint density at radius 2 is 1.40 bits per heavy atom. The lowest BCUT2D eigenvalue weighted by Gasteiger charge is -2.36. The molecule has 1 saturated carbocycles. The molecule has 15 heavy (non-hydrogen) atoms. The van der Waals surface area contributed by atoms with Crippen molar-refractivity contribution in [1.29, 1.82) is 0 Å². The third-order valence-electron chi connectivity index (χ3n) is 3.57. The summed E-state index contributed by atoms with van der Waals surface area (Å²) in [6, 6.07) is 0. The zero-order chi connectivity index (χ0) is 11.5. The molecule has 0 aromatic carbocycles. The molecule has 0 heteroatoms. The zero-order valence-electron chi connectivity index (χ0n) is 11.5. The van der Waals surface area contributed by atoms with Crippen molar-refractivity contribution >= 4 is 0 Å². The number of hydrogen-bond donors (Lipinski definition) is 0. The SMILES string of the molecule is CC(C)(C)CC(C)(C)CC1CCCCC1. The van der Waals surface area contributed by atoms with E-state index >= 15 is 0 Å². The molecule has 1 rings (SSSR count). The summed E-state index contributed by atoms with van der Waals surface area (Å²) >= 11 is 0. The molecule has 0 radical (unpaired) electrons. The summed E-state index contributed by atoms with van der Waals surface area (Å²) in [5.74, 6) is 1.02. The molecule has 0 bridgehead atoms. The van der Waals surface area contributed by atoms with E-state index in [2.05, 4.69) is 34.6 Å². The van der Waals surface area contributed by atoms with Gasteiger partial charge in [0.25, 0.3) is 0 Å². The van der Waals surface area contributed by atoms with E-state index in [0.29, 0.717) is 10.8 Å². The van der Waals surface area contributed by atoms with Gasteiger partial charge in [0.1, 0.15) is 0 Å². The van der Waals surface area contributed by atoms with Crippen molar-refractivity contribution < 1.29 is 0 Å². The highest BCUT2D eigenvalue weighted by Gasteiger charge is 2.28. The lowest BCUT2D eigenvalue weighted by molar-refractivity contribution is 0.153. The summed E-state index contributed by atoms with van der Waals surface area (Å²) < 4.78 is 0. The highest BCUT2D eigenvalue weighted by atomic mass is 14.3. The van der Waals surface area contributed by atoms with Gasteiger partial charge in [0.05, 0.1) is 0 Å². The first-order valence-corrected chi connectivity index (χ1v) is 6.79. The Kier molecular flexibility index (Phi) is 4.26. The maximum absolute atomic E-state index is 2.47. The maximum Gasteiger partial charge on any atom is -0.0347 e. The largest absolute Gasteiger partial charge is 0.0602 e. The molecular formula is C15H30. The fourth-order valence-electron chi connectivity index (χ4n) is 3.68. The molecule has 0 aliphatic heterocycles. The van der Waals surface area contributed by atoms with E-state index in [1.165, 1.54) is 44.9 Å². The summed E-state index contributed by atoms with van der Waals surface area (Å²) in [5, 5.41) is 0. The van der Waals surface area contributed by atoms with Crippen molar-refractivity contribution in [1.82, 2.24) is 0 Å². The molecular weight excluding hydrogens is 180 g/mol. The highest BCUT2D eigenvalue weighted by molar-refractivity contribution is 4.80. The normalized spacial score (nSPS) is 20.6. The van der Waals surface area contributed by atoms with E-state index < -0.39 is 0 Å². The van der Waals surface area contributed by atoms with Crippen LogP contribution in [-0.2, 0) is 0 Å². The Hall–Kier alpha value is 0. The third-order valence-corrected chi connectivity index (χ3v) is 3.57. The monoisotopic (exact) mass is 210 g/mol. The first kappa shape index (κ1) is 13.1. The molecule has 1 aliphatic rings. The van der Waals surface area contributed by atoms with Gasteiger partial charge in [-0.1, -0.05) is 66.7 Å². The molecule has 0 amide bonds. The summed E-state index contributed by atoms with van der Waals surface area (Å²) in [7, 11) is 0. The quantitative estimate of drug-likeness (QED) is 0.583. The second-order valence-corrected chi connectivity index (χ2v) is 7.61. The van der Waals surface area contributed by atoms with Crippen molar-refractivity contribution in [2.45, 2.75) is 79.6 Å². The van der Waals surface area contributed by atoms with E-state index in [4.69, 9.17) is 0 Å². The molecule has 1 fully saturated rings. The standard InChI is InChI=1S/C15H30/c1-14(2,3)12-15(4,5)11-13-9-7-6-8-10-13/h13H,6-12H2,1-5H3. The molecule has 0 spiro atoms. The van der Waals surface area contributed by atoms with Crippen LogP contribution in [0, 0.1) is 16.7 Å². The van der Waals surface area contributed by atoms with Gasteiger partial charge in [0.15, 0.2) is 0 Å². The summed E-state index contributed by atoms with van der Waals surface area (Å²) in [6.45, 7) is 12.0. The number of rotatable bonds is 3. The van der Waals surface area contributed by atoms with Gasteiger partial charge in [-0.15, -0.1) is 0 Å². The Bertz CT molecular complexity index is 177. The molecule has 1 aliphatic carbocycles. The molecule has 0 unspecified atom stereocenters. The predicted octanol–water partition coefficient (Wildman–Crippen LogP) is 5.42. The average Bonchev–Trinajstić information content (AvgIpc) is 1.99. The van der Waals surface area contributed by atoms with Crippen molar-refractivity contribution in [2.75, 3.05) is 0 Å². The summed E-state index contributed by atoms with van der Waals surface area (Å²) in [5.41, 5.74) is 1.03. The molecule has 0 atom stereocenters. The van der Waals surface area contributed by atoms with Crippen LogP contribution in [0.1, 0.15) is 79.6 Å². The first-order chi connectivity index (χ1) is 6.79. The topological polar surface area (TPSA) is 0 Å². The van der Waals surface area contributed by atoms with Gasteiger partial charge in [-0.25, -0.2) is 0 Å². The zero-order valence-corrected chi connectivity index (χ0v) is 11.5. The van der Waals surface area contributed by atoms with Gasteiger partial charge < -0.3 is 0 Å². The number of hydrogen-bond acceptors (Lipinski definition) is 0. The first-order valence-electron chi connectivity index (χ1n) is 6.79. The second kappa shape index (κ2) is 4.89. The molecule has 0 heterocycles. The van der Waals surface area contributed by atoms with Crippen LogP contribution in [0.5, 0.6) is 0 Å². The Labute approximate surface area is 96.8 Å². The minimum atomic E-state index is 0.484. The van der Waals surface area contributed by atoms with E-state index in [1.54, 1.807) is 0 Å².